The molecule has 1 amide bonds. The Labute approximate surface area is 129 Å². The van der Waals surface area contributed by atoms with E-state index in [1.165, 1.54) is 6.33 Å². The van der Waals surface area contributed by atoms with Crippen molar-refractivity contribution in [1.82, 2.24) is 20.2 Å². The molecule has 0 radical (unpaired) electrons. The van der Waals surface area contributed by atoms with Gasteiger partial charge in [0.2, 0.25) is 0 Å². The Morgan fingerprint density at radius 2 is 1.95 bits per heavy atom. The summed E-state index contributed by atoms with van der Waals surface area (Å²) in [6, 6.07) is 0.276. The summed E-state index contributed by atoms with van der Waals surface area (Å²) in [6.07, 6.45) is 10.5. The number of hydrogen-bond acceptors (Lipinski definition) is 5. The molecule has 6 nitrogen and oxygen atoms in total. The highest BCUT2D eigenvalue weighted by atomic mass is 16.3. The second-order valence-electron chi connectivity index (χ2n) is 5.85. The van der Waals surface area contributed by atoms with Gasteiger partial charge in [0.25, 0.3) is 5.91 Å². The number of hydrogen-bond donors (Lipinski definition) is 2. The number of aliphatic hydroxyl groups is 1. The minimum absolute atomic E-state index is 0.124. The number of rotatable bonds is 3. The van der Waals surface area contributed by atoms with Crippen molar-refractivity contribution in [2.75, 3.05) is 0 Å². The van der Waals surface area contributed by atoms with Gasteiger partial charge in [-0.1, -0.05) is 6.58 Å². The van der Waals surface area contributed by atoms with E-state index in [0.29, 0.717) is 17.8 Å². The molecule has 0 atom stereocenters. The van der Waals surface area contributed by atoms with Gasteiger partial charge in [0, 0.05) is 36.6 Å². The summed E-state index contributed by atoms with van der Waals surface area (Å²) in [6.45, 7) is 3.94. The monoisotopic (exact) mass is 300 g/mol. The van der Waals surface area contributed by atoms with E-state index in [2.05, 4.69) is 21.9 Å². The lowest BCUT2D eigenvalue weighted by Gasteiger charge is -2.38. The van der Waals surface area contributed by atoms with Gasteiger partial charge < -0.3 is 15.3 Å². The number of aromatic nitrogens is 2. The molecule has 0 aromatic carbocycles. The average molecular weight is 300 g/mol. The van der Waals surface area contributed by atoms with E-state index in [1.54, 1.807) is 12.4 Å². The molecule has 1 aromatic rings. The van der Waals surface area contributed by atoms with Gasteiger partial charge in [-0.3, -0.25) is 4.79 Å². The predicted molar refractivity (Wildman–Crippen MR) is 81.2 cm³/mol. The molecule has 1 aromatic heterocycles. The highest BCUT2D eigenvalue weighted by molar-refractivity contribution is 5.95. The normalized spacial score (nSPS) is 25.7. The number of carbonyl (C=O) groups excluding carboxylic acids is 1. The van der Waals surface area contributed by atoms with Crippen molar-refractivity contribution in [1.29, 1.82) is 0 Å². The Morgan fingerprint density at radius 1 is 1.27 bits per heavy atom. The molecule has 22 heavy (non-hydrogen) atoms. The summed E-state index contributed by atoms with van der Waals surface area (Å²) in [4.78, 5) is 22.1. The van der Waals surface area contributed by atoms with Crippen LogP contribution >= 0.6 is 0 Å². The zero-order valence-electron chi connectivity index (χ0n) is 12.4. The molecule has 1 aliphatic carbocycles. The Hall–Kier alpha value is -2.21. The molecule has 3 rings (SSSR count). The van der Waals surface area contributed by atoms with Gasteiger partial charge in [-0.2, -0.15) is 0 Å². The van der Waals surface area contributed by atoms with Gasteiger partial charge >= 0.3 is 0 Å². The minimum atomic E-state index is -0.200. The third-order valence-corrected chi connectivity index (χ3v) is 4.22. The van der Waals surface area contributed by atoms with Crippen LogP contribution in [0.25, 0.3) is 0 Å². The molecule has 6 heteroatoms. The van der Waals surface area contributed by atoms with Gasteiger partial charge in [0.1, 0.15) is 12.1 Å². The third kappa shape index (κ3) is 3.17. The van der Waals surface area contributed by atoms with Crippen molar-refractivity contribution < 1.29 is 9.90 Å². The number of amides is 1. The first-order chi connectivity index (χ1) is 10.6. The first kappa shape index (κ1) is 14.7. The van der Waals surface area contributed by atoms with E-state index in [0.717, 1.165) is 31.2 Å². The first-order valence-electron chi connectivity index (χ1n) is 7.54. The molecule has 2 heterocycles. The van der Waals surface area contributed by atoms with Gasteiger partial charge in [-0.25, -0.2) is 9.97 Å². The molecule has 0 unspecified atom stereocenters. The molecule has 0 bridgehead atoms. The van der Waals surface area contributed by atoms with Crippen molar-refractivity contribution in [3.05, 3.63) is 48.5 Å². The molecule has 0 spiro atoms. The van der Waals surface area contributed by atoms with E-state index in [9.17, 15) is 9.90 Å². The van der Waals surface area contributed by atoms with Crippen LogP contribution in [-0.4, -0.2) is 38.0 Å². The maximum Gasteiger partial charge on any atom is 0.254 e. The standard InChI is InChI=1S/C16H20N4O2/c1-11-19-16(22)13(6-12-7-17-10-18-8-12)9-20(11)14-2-4-15(21)5-3-14/h7-10,14-15,21H,1-6H2,(H,19,22). The second kappa shape index (κ2) is 6.27. The van der Waals surface area contributed by atoms with Crippen LogP contribution in [0.1, 0.15) is 31.2 Å². The summed E-state index contributed by atoms with van der Waals surface area (Å²) in [5, 5.41) is 12.5. The van der Waals surface area contributed by atoms with Crippen molar-refractivity contribution >= 4 is 5.91 Å². The number of carbonyl (C=O) groups is 1. The Morgan fingerprint density at radius 3 is 2.64 bits per heavy atom. The molecule has 0 saturated heterocycles. The SMILES string of the molecule is C=C1NC(=O)C(Cc2cncnc2)=CN1C1CCC(O)CC1. The van der Waals surface area contributed by atoms with Gasteiger partial charge in [-0.05, 0) is 31.2 Å². The van der Waals surface area contributed by atoms with Gasteiger partial charge in [-0.15, -0.1) is 0 Å². The molecule has 1 saturated carbocycles. The van der Waals surface area contributed by atoms with E-state index in [-0.39, 0.29) is 18.1 Å². The average Bonchev–Trinajstić information content (AvgIpc) is 2.52. The molecular formula is C16H20N4O2. The van der Waals surface area contributed by atoms with E-state index in [1.807, 2.05) is 11.1 Å². The summed E-state index contributed by atoms with van der Waals surface area (Å²) >= 11 is 0. The number of nitrogens with zero attached hydrogens (tertiary/aromatic N) is 3. The van der Waals surface area contributed by atoms with E-state index in [4.69, 9.17) is 0 Å². The smallest absolute Gasteiger partial charge is 0.254 e. The fraction of sp³-hybridized carbons (Fsp3) is 0.438. The molecule has 2 aliphatic rings. The van der Waals surface area contributed by atoms with Crippen molar-refractivity contribution in [3.63, 3.8) is 0 Å². The van der Waals surface area contributed by atoms with Crippen LogP contribution in [0.15, 0.2) is 42.9 Å². The third-order valence-electron chi connectivity index (χ3n) is 4.22. The fourth-order valence-corrected chi connectivity index (χ4v) is 3.01. The lowest BCUT2D eigenvalue weighted by Crippen LogP contribution is -2.44. The Kier molecular flexibility index (Phi) is 4.20. The lowest BCUT2D eigenvalue weighted by molar-refractivity contribution is -0.118. The fourth-order valence-electron chi connectivity index (χ4n) is 3.01. The molecular weight excluding hydrogens is 280 g/mol. The Bertz CT molecular complexity index is 591. The topological polar surface area (TPSA) is 78.4 Å². The quantitative estimate of drug-likeness (QED) is 0.874. The zero-order valence-corrected chi connectivity index (χ0v) is 12.4. The van der Waals surface area contributed by atoms with Crippen molar-refractivity contribution in [2.24, 2.45) is 0 Å². The number of nitrogens with one attached hydrogen (secondary N) is 1. The zero-order chi connectivity index (χ0) is 15.5. The van der Waals surface area contributed by atoms with Gasteiger partial charge in [0.15, 0.2) is 0 Å². The highest BCUT2D eigenvalue weighted by Gasteiger charge is 2.29. The predicted octanol–water partition coefficient (Wildman–Crippen LogP) is 1.11. The summed E-state index contributed by atoms with van der Waals surface area (Å²) in [5.74, 6) is 0.486. The van der Waals surface area contributed by atoms with Crippen LogP contribution in [0.3, 0.4) is 0 Å². The molecule has 1 fully saturated rings. The van der Waals surface area contributed by atoms with Crippen molar-refractivity contribution in [3.8, 4) is 0 Å². The summed E-state index contributed by atoms with van der Waals surface area (Å²) in [5.41, 5.74) is 1.57. The van der Waals surface area contributed by atoms with Gasteiger partial charge in [0.05, 0.1) is 6.10 Å². The maximum absolute atomic E-state index is 12.1. The molecule has 1 aliphatic heterocycles. The minimum Gasteiger partial charge on any atom is -0.393 e. The molecule has 2 N–H and O–H groups in total. The second-order valence-corrected chi connectivity index (χ2v) is 5.85. The number of aliphatic hydroxyl groups excluding tert-OH is 1. The van der Waals surface area contributed by atoms with Crippen LogP contribution in [-0.2, 0) is 11.2 Å². The highest BCUT2D eigenvalue weighted by Crippen LogP contribution is 2.27. The summed E-state index contributed by atoms with van der Waals surface area (Å²) in [7, 11) is 0. The van der Waals surface area contributed by atoms with Crippen LogP contribution in [0.5, 0.6) is 0 Å². The first-order valence-corrected chi connectivity index (χ1v) is 7.54. The molecule has 116 valence electrons. The largest absolute Gasteiger partial charge is 0.393 e. The van der Waals surface area contributed by atoms with Crippen LogP contribution in [0.4, 0.5) is 0 Å². The van der Waals surface area contributed by atoms with E-state index >= 15 is 0 Å². The van der Waals surface area contributed by atoms with Crippen LogP contribution in [0.2, 0.25) is 0 Å². The summed E-state index contributed by atoms with van der Waals surface area (Å²) < 4.78 is 0. The van der Waals surface area contributed by atoms with E-state index < -0.39 is 0 Å². The van der Waals surface area contributed by atoms with Crippen LogP contribution < -0.4 is 5.32 Å². The Balaban J connectivity index is 1.78. The maximum atomic E-state index is 12.1. The van der Waals surface area contributed by atoms with Crippen LogP contribution in [0, 0.1) is 0 Å². The lowest BCUT2D eigenvalue weighted by atomic mass is 9.91. The van der Waals surface area contributed by atoms with Crippen molar-refractivity contribution in [2.45, 2.75) is 44.2 Å².